The van der Waals surface area contributed by atoms with Gasteiger partial charge in [0.2, 0.25) is 5.91 Å². The molecule has 0 atom stereocenters. The lowest BCUT2D eigenvalue weighted by molar-refractivity contribution is -0.132. The molecule has 0 aliphatic rings. The molecule has 204 valence electrons. The summed E-state index contributed by atoms with van der Waals surface area (Å²) in [6, 6.07) is 16.5. The number of amides is 3. The molecule has 0 aliphatic carbocycles. The number of ether oxygens (including phenoxy) is 3. The number of hydrogen-bond donors (Lipinski definition) is 1. The van der Waals surface area contributed by atoms with E-state index in [1.165, 1.54) is 4.90 Å². The molecule has 0 bridgehead atoms. The third-order valence-electron chi connectivity index (χ3n) is 6.17. The smallest absolute Gasteiger partial charge is 0.322 e. The van der Waals surface area contributed by atoms with E-state index in [9.17, 15) is 9.59 Å². The first-order chi connectivity index (χ1) is 18.4. The minimum Gasteiger partial charge on any atom is -0.493 e. The summed E-state index contributed by atoms with van der Waals surface area (Å²) in [7, 11) is 4.80. The van der Waals surface area contributed by atoms with Crippen LogP contribution in [0.2, 0.25) is 0 Å². The Morgan fingerprint density at radius 3 is 2.39 bits per heavy atom. The van der Waals surface area contributed by atoms with Crippen molar-refractivity contribution in [3.63, 3.8) is 0 Å². The molecular weight excluding hydrogens is 486 g/mol. The summed E-state index contributed by atoms with van der Waals surface area (Å²) in [5.41, 5.74) is 2.65. The molecule has 9 heteroatoms. The maximum atomic E-state index is 13.6. The second kappa shape index (κ2) is 14.7. The number of carbonyl (C=O) groups excluding carboxylic acids is 2. The van der Waals surface area contributed by atoms with Gasteiger partial charge in [-0.2, -0.15) is 0 Å². The first-order valence-corrected chi connectivity index (χ1v) is 12.6. The Bertz CT molecular complexity index is 1160. The van der Waals surface area contributed by atoms with Crippen LogP contribution in [0.25, 0.3) is 0 Å². The van der Waals surface area contributed by atoms with Gasteiger partial charge in [0.25, 0.3) is 0 Å². The lowest BCUT2D eigenvalue weighted by Gasteiger charge is -2.28. The molecule has 1 N–H and O–H groups in total. The molecule has 1 aromatic heterocycles. The Morgan fingerprint density at radius 2 is 1.71 bits per heavy atom. The van der Waals surface area contributed by atoms with E-state index in [0.717, 1.165) is 11.1 Å². The van der Waals surface area contributed by atoms with Gasteiger partial charge >= 0.3 is 6.03 Å². The summed E-state index contributed by atoms with van der Waals surface area (Å²) < 4.78 is 21.4. The number of benzene rings is 2. The zero-order valence-electron chi connectivity index (χ0n) is 22.6. The van der Waals surface area contributed by atoms with Crippen molar-refractivity contribution in [1.29, 1.82) is 0 Å². The van der Waals surface area contributed by atoms with Crippen molar-refractivity contribution in [2.75, 3.05) is 52.9 Å². The second-order valence-electron chi connectivity index (χ2n) is 8.85. The van der Waals surface area contributed by atoms with Crippen LogP contribution in [0.1, 0.15) is 23.3 Å². The minimum absolute atomic E-state index is 0.0753. The van der Waals surface area contributed by atoms with E-state index in [2.05, 4.69) is 5.32 Å². The van der Waals surface area contributed by atoms with Gasteiger partial charge in [0, 0.05) is 32.5 Å². The number of methoxy groups -OCH3 is 3. The average molecular weight is 524 g/mol. The minimum atomic E-state index is -0.332. The number of para-hydroxylation sites is 1. The Morgan fingerprint density at radius 1 is 0.921 bits per heavy atom. The van der Waals surface area contributed by atoms with Crippen molar-refractivity contribution in [1.82, 2.24) is 9.80 Å². The summed E-state index contributed by atoms with van der Waals surface area (Å²) in [5.74, 6) is 1.76. The van der Waals surface area contributed by atoms with Crippen molar-refractivity contribution in [2.45, 2.75) is 26.3 Å². The molecule has 0 fully saturated rings. The van der Waals surface area contributed by atoms with Crippen molar-refractivity contribution in [3.8, 4) is 11.5 Å². The highest BCUT2D eigenvalue weighted by atomic mass is 16.5. The van der Waals surface area contributed by atoms with E-state index in [1.54, 1.807) is 38.6 Å². The Labute approximate surface area is 224 Å². The standard InChI is InChI=1S/C29H37N3O6/c1-22-9-5-6-11-25(22)30-29(34)32(15-8-17-35-2)21-28(33)31(20-24-10-7-18-38-24)16-14-23-12-13-26(36-3)27(19-23)37-4/h5-7,9-13,18-19H,8,14-17,20-21H2,1-4H3,(H,30,34). The number of hydrogen-bond acceptors (Lipinski definition) is 6. The van der Waals surface area contributed by atoms with Crippen LogP contribution < -0.4 is 14.8 Å². The molecule has 0 aliphatic heterocycles. The molecule has 0 unspecified atom stereocenters. The number of rotatable bonds is 14. The van der Waals surface area contributed by atoms with Crippen molar-refractivity contribution in [3.05, 3.63) is 77.7 Å². The van der Waals surface area contributed by atoms with E-state index in [0.29, 0.717) is 62.0 Å². The third-order valence-corrected chi connectivity index (χ3v) is 6.17. The van der Waals surface area contributed by atoms with E-state index in [1.807, 2.05) is 55.5 Å². The Balaban J connectivity index is 1.74. The van der Waals surface area contributed by atoms with Crippen LogP contribution >= 0.6 is 0 Å². The van der Waals surface area contributed by atoms with Crippen LogP contribution in [0.3, 0.4) is 0 Å². The number of furan rings is 1. The highest BCUT2D eigenvalue weighted by Gasteiger charge is 2.23. The fourth-order valence-electron chi connectivity index (χ4n) is 4.01. The number of nitrogens with zero attached hydrogens (tertiary/aromatic N) is 2. The number of nitrogens with one attached hydrogen (secondary N) is 1. The van der Waals surface area contributed by atoms with Gasteiger partial charge in [-0.1, -0.05) is 24.3 Å². The first-order valence-electron chi connectivity index (χ1n) is 12.6. The van der Waals surface area contributed by atoms with Crippen molar-refractivity contribution < 1.29 is 28.2 Å². The number of urea groups is 1. The van der Waals surface area contributed by atoms with Gasteiger partial charge < -0.3 is 33.7 Å². The third kappa shape index (κ3) is 8.27. The molecule has 38 heavy (non-hydrogen) atoms. The van der Waals surface area contributed by atoms with Gasteiger partial charge in [0.05, 0.1) is 27.0 Å². The van der Waals surface area contributed by atoms with Crippen LogP contribution in [0, 0.1) is 6.92 Å². The van der Waals surface area contributed by atoms with Gasteiger partial charge in [0.1, 0.15) is 12.3 Å². The van der Waals surface area contributed by atoms with Crippen LogP contribution in [-0.2, 0) is 22.5 Å². The van der Waals surface area contributed by atoms with Crippen molar-refractivity contribution in [2.24, 2.45) is 0 Å². The van der Waals surface area contributed by atoms with Gasteiger partial charge in [-0.3, -0.25) is 4.79 Å². The average Bonchev–Trinajstić information content (AvgIpc) is 3.44. The van der Waals surface area contributed by atoms with Crippen LogP contribution in [0.5, 0.6) is 11.5 Å². The predicted octanol–water partition coefficient (Wildman–Crippen LogP) is 4.75. The Kier molecular flexibility index (Phi) is 11.0. The molecule has 3 aromatic rings. The molecular formula is C29H37N3O6. The van der Waals surface area contributed by atoms with E-state index < -0.39 is 0 Å². The largest absolute Gasteiger partial charge is 0.493 e. The second-order valence-corrected chi connectivity index (χ2v) is 8.85. The molecule has 0 radical (unpaired) electrons. The van der Waals surface area contributed by atoms with E-state index in [4.69, 9.17) is 18.6 Å². The number of aryl methyl sites for hydroxylation is 1. The maximum absolute atomic E-state index is 13.6. The predicted molar refractivity (Wildman–Crippen MR) is 146 cm³/mol. The van der Waals surface area contributed by atoms with Gasteiger partial charge in [-0.05, 0) is 61.2 Å². The maximum Gasteiger partial charge on any atom is 0.322 e. The lowest BCUT2D eigenvalue weighted by atomic mass is 10.1. The zero-order chi connectivity index (χ0) is 27.3. The molecule has 0 spiro atoms. The lowest BCUT2D eigenvalue weighted by Crippen LogP contribution is -2.45. The van der Waals surface area contributed by atoms with Gasteiger partial charge in [0.15, 0.2) is 11.5 Å². The molecule has 2 aromatic carbocycles. The van der Waals surface area contributed by atoms with Crippen LogP contribution in [0.4, 0.5) is 10.5 Å². The molecule has 9 nitrogen and oxygen atoms in total. The van der Waals surface area contributed by atoms with E-state index in [-0.39, 0.29) is 18.5 Å². The normalized spacial score (nSPS) is 10.6. The SMILES string of the molecule is COCCCN(CC(=O)N(CCc1ccc(OC)c(OC)c1)Cc1ccco1)C(=O)Nc1ccccc1C. The summed E-state index contributed by atoms with van der Waals surface area (Å²) in [6.45, 7) is 3.44. The summed E-state index contributed by atoms with van der Waals surface area (Å²) >= 11 is 0. The number of carbonyl (C=O) groups is 2. The highest BCUT2D eigenvalue weighted by Crippen LogP contribution is 2.28. The molecule has 0 saturated carbocycles. The van der Waals surface area contributed by atoms with Gasteiger partial charge in [-0.25, -0.2) is 4.79 Å². The zero-order valence-corrected chi connectivity index (χ0v) is 22.6. The fraction of sp³-hybridized carbons (Fsp3) is 0.379. The Hall–Kier alpha value is -3.98. The molecule has 3 rings (SSSR count). The topological polar surface area (TPSA) is 93.5 Å². The molecule has 1 heterocycles. The van der Waals surface area contributed by atoms with E-state index >= 15 is 0 Å². The van der Waals surface area contributed by atoms with Crippen LogP contribution in [-0.4, -0.2) is 69.3 Å². The van der Waals surface area contributed by atoms with Crippen LogP contribution in [0.15, 0.2) is 65.3 Å². The quantitative estimate of drug-likeness (QED) is 0.307. The van der Waals surface area contributed by atoms with Crippen molar-refractivity contribution >= 4 is 17.6 Å². The molecule has 3 amide bonds. The fourth-order valence-corrected chi connectivity index (χ4v) is 4.01. The molecule has 0 saturated heterocycles. The summed E-state index contributed by atoms with van der Waals surface area (Å²) in [4.78, 5) is 30.0. The number of anilines is 1. The summed E-state index contributed by atoms with van der Waals surface area (Å²) in [6.07, 6.45) is 2.78. The monoisotopic (exact) mass is 523 g/mol. The first kappa shape index (κ1) is 28.6. The van der Waals surface area contributed by atoms with Gasteiger partial charge in [-0.15, -0.1) is 0 Å². The highest BCUT2D eigenvalue weighted by molar-refractivity contribution is 5.93. The summed E-state index contributed by atoms with van der Waals surface area (Å²) in [5, 5.41) is 2.94.